The molecule has 1 aromatic rings. The number of nitrogens with two attached hydrogens (primary N) is 1. The van der Waals surface area contributed by atoms with E-state index in [0.29, 0.717) is 12.6 Å². The Kier molecular flexibility index (Phi) is 2.53. The molecule has 0 aromatic carbocycles. The summed E-state index contributed by atoms with van der Waals surface area (Å²) in [6.45, 7) is 3.81. The lowest BCUT2D eigenvalue weighted by atomic mass is 10.4. The monoisotopic (exact) mass is 223 g/mol. The summed E-state index contributed by atoms with van der Waals surface area (Å²) in [6, 6.07) is 0.575. The number of anilines is 1. The first-order chi connectivity index (χ1) is 7.90. The molecule has 16 heavy (non-hydrogen) atoms. The third-order valence-electron chi connectivity index (χ3n) is 3.14. The molecule has 0 radical (unpaired) electrons. The maximum Gasteiger partial charge on any atom is 0.227 e. The summed E-state index contributed by atoms with van der Waals surface area (Å²) in [7, 11) is 0. The molecule has 0 atom stereocenters. The average Bonchev–Trinajstić information content (AvgIpc) is 3.09. The van der Waals surface area contributed by atoms with Crippen molar-refractivity contribution in [3.8, 4) is 0 Å². The molecule has 3 rings (SSSR count). The molecular formula is C10H17N5O. The van der Waals surface area contributed by atoms with Gasteiger partial charge in [-0.25, -0.2) is 0 Å². The lowest BCUT2D eigenvalue weighted by Crippen LogP contribution is -2.38. The van der Waals surface area contributed by atoms with Gasteiger partial charge < -0.3 is 15.4 Å². The summed E-state index contributed by atoms with van der Waals surface area (Å²) in [5, 5.41) is 8.45. The third kappa shape index (κ3) is 1.68. The summed E-state index contributed by atoms with van der Waals surface area (Å²) < 4.78 is 7.56. The summed E-state index contributed by atoms with van der Waals surface area (Å²) in [5.74, 6) is 1.88. The van der Waals surface area contributed by atoms with Crippen molar-refractivity contribution in [2.24, 2.45) is 5.73 Å². The Hall–Kier alpha value is -1.14. The highest BCUT2D eigenvalue weighted by atomic mass is 16.5. The van der Waals surface area contributed by atoms with E-state index in [4.69, 9.17) is 10.5 Å². The van der Waals surface area contributed by atoms with Crippen LogP contribution >= 0.6 is 0 Å². The van der Waals surface area contributed by atoms with Crippen molar-refractivity contribution in [1.29, 1.82) is 0 Å². The van der Waals surface area contributed by atoms with E-state index in [-0.39, 0.29) is 0 Å². The van der Waals surface area contributed by atoms with Crippen LogP contribution in [0, 0.1) is 0 Å². The zero-order valence-corrected chi connectivity index (χ0v) is 9.30. The normalized spacial score (nSPS) is 21.4. The Morgan fingerprint density at radius 3 is 2.62 bits per heavy atom. The van der Waals surface area contributed by atoms with Crippen molar-refractivity contribution in [3.63, 3.8) is 0 Å². The van der Waals surface area contributed by atoms with E-state index in [1.807, 2.05) is 0 Å². The van der Waals surface area contributed by atoms with Crippen LogP contribution in [0.2, 0.25) is 0 Å². The van der Waals surface area contributed by atoms with Gasteiger partial charge in [0.15, 0.2) is 0 Å². The van der Waals surface area contributed by atoms with Gasteiger partial charge in [0.25, 0.3) is 0 Å². The Labute approximate surface area is 94.4 Å². The van der Waals surface area contributed by atoms with Crippen LogP contribution in [-0.4, -0.2) is 41.1 Å². The molecule has 2 N–H and O–H groups in total. The van der Waals surface area contributed by atoms with E-state index in [1.54, 1.807) is 0 Å². The Balaban J connectivity index is 1.89. The SMILES string of the molecule is NCc1nnc(N2CCOCC2)n1C1CC1. The summed E-state index contributed by atoms with van der Waals surface area (Å²) in [6.07, 6.45) is 2.45. The number of morpholine rings is 1. The van der Waals surface area contributed by atoms with Gasteiger partial charge in [0.05, 0.1) is 19.8 Å². The molecule has 0 spiro atoms. The number of nitrogens with zero attached hydrogens (tertiary/aromatic N) is 4. The topological polar surface area (TPSA) is 69.2 Å². The second kappa shape index (κ2) is 4.03. The van der Waals surface area contributed by atoms with E-state index in [2.05, 4.69) is 19.7 Å². The van der Waals surface area contributed by atoms with Crippen molar-refractivity contribution in [2.45, 2.75) is 25.4 Å². The zero-order chi connectivity index (χ0) is 11.0. The molecule has 2 fully saturated rings. The van der Waals surface area contributed by atoms with Crippen LogP contribution in [0.5, 0.6) is 0 Å². The molecule has 1 saturated heterocycles. The van der Waals surface area contributed by atoms with Crippen LogP contribution < -0.4 is 10.6 Å². The summed E-state index contributed by atoms with van der Waals surface area (Å²) in [5.41, 5.74) is 5.69. The lowest BCUT2D eigenvalue weighted by molar-refractivity contribution is 0.121. The third-order valence-corrected chi connectivity index (χ3v) is 3.14. The fraction of sp³-hybridized carbons (Fsp3) is 0.800. The molecule has 6 nitrogen and oxygen atoms in total. The standard InChI is InChI=1S/C10H17N5O/c11-7-9-12-13-10(15(9)8-1-2-8)14-3-5-16-6-4-14/h8H,1-7,11H2. The minimum atomic E-state index is 0.466. The van der Waals surface area contributed by atoms with Gasteiger partial charge in [-0.3, -0.25) is 4.57 Å². The van der Waals surface area contributed by atoms with Crippen molar-refractivity contribution in [2.75, 3.05) is 31.2 Å². The maximum absolute atomic E-state index is 5.69. The fourth-order valence-corrected chi connectivity index (χ4v) is 2.14. The number of rotatable bonds is 3. The van der Waals surface area contributed by atoms with Gasteiger partial charge in [0.2, 0.25) is 5.95 Å². The van der Waals surface area contributed by atoms with E-state index in [0.717, 1.165) is 38.1 Å². The molecule has 1 aromatic heterocycles. The van der Waals surface area contributed by atoms with Gasteiger partial charge in [-0.15, -0.1) is 10.2 Å². The highest BCUT2D eigenvalue weighted by molar-refractivity contribution is 5.33. The first-order valence-electron chi connectivity index (χ1n) is 5.86. The Morgan fingerprint density at radius 1 is 1.25 bits per heavy atom. The first kappa shape index (κ1) is 10.0. The molecule has 6 heteroatoms. The zero-order valence-electron chi connectivity index (χ0n) is 9.30. The Bertz CT molecular complexity index is 367. The lowest BCUT2D eigenvalue weighted by Gasteiger charge is -2.27. The number of aromatic nitrogens is 3. The summed E-state index contributed by atoms with van der Waals surface area (Å²) >= 11 is 0. The van der Waals surface area contributed by atoms with Gasteiger partial charge in [-0.2, -0.15) is 0 Å². The van der Waals surface area contributed by atoms with Crippen molar-refractivity contribution < 1.29 is 4.74 Å². The average molecular weight is 223 g/mol. The summed E-state index contributed by atoms with van der Waals surface area (Å²) in [4.78, 5) is 2.24. The van der Waals surface area contributed by atoms with Crippen LogP contribution in [0.4, 0.5) is 5.95 Å². The quantitative estimate of drug-likeness (QED) is 0.775. The molecular weight excluding hydrogens is 206 g/mol. The second-order valence-corrected chi connectivity index (χ2v) is 4.32. The second-order valence-electron chi connectivity index (χ2n) is 4.32. The first-order valence-corrected chi connectivity index (χ1v) is 5.86. The van der Waals surface area contributed by atoms with E-state index in [1.165, 1.54) is 12.8 Å². The number of ether oxygens (including phenoxy) is 1. The molecule has 0 amide bonds. The van der Waals surface area contributed by atoms with Crippen LogP contribution in [-0.2, 0) is 11.3 Å². The van der Waals surface area contributed by atoms with E-state index in [9.17, 15) is 0 Å². The number of hydrogen-bond acceptors (Lipinski definition) is 5. The Morgan fingerprint density at radius 2 is 2.00 bits per heavy atom. The van der Waals surface area contributed by atoms with Gasteiger partial charge in [-0.1, -0.05) is 0 Å². The molecule has 1 aliphatic heterocycles. The molecule has 2 aliphatic rings. The van der Waals surface area contributed by atoms with Crippen molar-refractivity contribution >= 4 is 5.95 Å². The predicted octanol–water partition coefficient (Wildman–Crippen LogP) is -0.0917. The highest BCUT2D eigenvalue weighted by Gasteiger charge is 2.31. The van der Waals surface area contributed by atoms with Gasteiger partial charge >= 0.3 is 0 Å². The fourth-order valence-electron chi connectivity index (χ4n) is 2.14. The molecule has 1 aliphatic carbocycles. The van der Waals surface area contributed by atoms with Crippen molar-refractivity contribution in [3.05, 3.63) is 5.82 Å². The van der Waals surface area contributed by atoms with Gasteiger partial charge in [0.1, 0.15) is 5.82 Å². The molecule has 1 saturated carbocycles. The largest absolute Gasteiger partial charge is 0.378 e. The van der Waals surface area contributed by atoms with E-state index >= 15 is 0 Å². The van der Waals surface area contributed by atoms with Crippen LogP contribution in [0.25, 0.3) is 0 Å². The maximum atomic E-state index is 5.69. The van der Waals surface area contributed by atoms with Crippen LogP contribution in [0.15, 0.2) is 0 Å². The van der Waals surface area contributed by atoms with Gasteiger partial charge in [-0.05, 0) is 12.8 Å². The van der Waals surface area contributed by atoms with E-state index < -0.39 is 0 Å². The molecule has 2 heterocycles. The molecule has 88 valence electrons. The van der Waals surface area contributed by atoms with Gasteiger partial charge in [0, 0.05) is 19.1 Å². The molecule has 0 unspecified atom stereocenters. The minimum Gasteiger partial charge on any atom is -0.378 e. The minimum absolute atomic E-state index is 0.466. The number of hydrogen-bond donors (Lipinski definition) is 1. The van der Waals surface area contributed by atoms with Crippen LogP contribution in [0.1, 0.15) is 24.7 Å². The predicted molar refractivity (Wildman–Crippen MR) is 59.2 cm³/mol. The highest BCUT2D eigenvalue weighted by Crippen LogP contribution is 2.38. The van der Waals surface area contributed by atoms with Crippen LogP contribution in [0.3, 0.4) is 0 Å². The smallest absolute Gasteiger partial charge is 0.227 e. The molecule has 0 bridgehead atoms. The van der Waals surface area contributed by atoms with Crippen molar-refractivity contribution in [1.82, 2.24) is 14.8 Å².